The molecule has 0 radical (unpaired) electrons. The molecule has 2 aromatic rings. The third-order valence-electron chi connectivity index (χ3n) is 5.01. The van der Waals surface area contributed by atoms with Crippen molar-refractivity contribution in [2.24, 2.45) is 0 Å². The number of nitrogens with one attached hydrogen (secondary N) is 1. The fourth-order valence-corrected chi connectivity index (χ4v) is 3.35. The number of carbonyl (C=O) groups excluding carboxylic acids is 2. The molecule has 154 valence electrons. The van der Waals surface area contributed by atoms with Gasteiger partial charge in [0.15, 0.2) is 0 Å². The summed E-state index contributed by atoms with van der Waals surface area (Å²) < 4.78 is 18.2. The van der Waals surface area contributed by atoms with E-state index in [1.807, 2.05) is 24.3 Å². The summed E-state index contributed by atoms with van der Waals surface area (Å²) in [5.74, 6) is 0.0882. The monoisotopic (exact) mass is 399 g/mol. The van der Waals surface area contributed by atoms with Crippen molar-refractivity contribution in [1.29, 1.82) is 0 Å². The molecule has 1 aliphatic rings. The molecular weight excluding hydrogens is 373 g/mol. The van der Waals surface area contributed by atoms with E-state index in [-0.39, 0.29) is 24.1 Å². The van der Waals surface area contributed by atoms with Crippen molar-refractivity contribution in [1.82, 2.24) is 10.2 Å². The van der Waals surface area contributed by atoms with Gasteiger partial charge < -0.3 is 19.9 Å². The lowest BCUT2D eigenvalue weighted by Crippen LogP contribution is -2.49. The lowest BCUT2D eigenvalue weighted by Gasteiger charge is -2.36. The van der Waals surface area contributed by atoms with Gasteiger partial charge in [0.1, 0.15) is 18.0 Å². The van der Waals surface area contributed by atoms with E-state index in [9.17, 15) is 14.0 Å². The molecule has 1 N–H and O–H groups in total. The molecule has 7 heteroatoms. The van der Waals surface area contributed by atoms with Crippen LogP contribution in [0.5, 0.6) is 5.75 Å². The van der Waals surface area contributed by atoms with E-state index in [1.165, 1.54) is 12.1 Å². The van der Waals surface area contributed by atoms with E-state index in [0.29, 0.717) is 39.1 Å². The number of benzene rings is 2. The second-order valence-electron chi connectivity index (χ2n) is 6.97. The Hall–Kier alpha value is -3.09. The largest absolute Gasteiger partial charge is 0.497 e. The Balaban J connectivity index is 1.38. The van der Waals surface area contributed by atoms with Gasteiger partial charge in [0.25, 0.3) is 0 Å². The van der Waals surface area contributed by atoms with E-state index in [0.717, 1.165) is 17.0 Å². The molecule has 1 fully saturated rings. The summed E-state index contributed by atoms with van der Waals surface area (Å²) in [6.07, 6.45) is 0.530. The van der Waals surface area contributed by atoms with E-state index < -0.39 is 0 Å². The second-order valence-corrected chi connectivity index (χ2v) is 6.97. The lowest BCUT2D eigenvalue weighted by molar-refractivity contribution is -0.136. The minimum atomic E-state index is -0.265. The summed E-state index contributed by atoms with van der Waals surface area (Å²) in [7, 11) is 1.62. The molecule has 0 aliphatic carbocycles. The quantitative estimate of drug-likeness (QED) is 0.726. The highest BCUT2D eigenvalue weighted by Gasteiger charge is 2.22. The Morgan fingerprint density at radius 3 is 2.48 bits per heavy atom. The number of piperazine rings is 1. The molecule has 0 spiro atoms. The Morgan fingerprint density at radius 2 is 1.79 bits per heavy atom. The van der Waals surface area contributed by atoms with E-state index in [4.69, 9.17) is 4.74 Å². The van der Waals surface area contributed by atoms with Gasteiger partial charge >= 0.3 is 0 Å². The molecule has 29 heavy (non-hydrogen) atoms. The molecule has 2 aromatic carbocycles. The Labute approximate surface area is 170 Å². The van der Waals surface area contributed by atoms with Gasteiger partial charge in [0, 0.05) is 38.4 Å². The van der Waals surface area contributed by atoms with Gasteiger partial charge in [-0.3, -0.25) is 9.59 Å². The zero-order valence-corrected chi connectivity index (χ0v) is 16.6. The topological polar surface area (TPSA) is 61.9 Å². The van der Waals surface area contributed by atoms with Crippen LogP contribution in [0.2, 0.25) is 0 Å². The minimum Gasteiger partial charge on any atom is -0.497 e. The SMILES string of the molecule is COc1cccc(CCNC(=O)CC(=O)N2CCN(c3ccc(F)cc3)CC2)c1. The highest BCUT2D eigenvalue weighted by Crippen LogP contribution is 2.17. The zero-order valence-electron chi connectivity index (χ0n) is 16.6. The number of carbonyl (C=O) groups is 2. The van der Waals surface area contributed by atoms with Crippen molar-refractivity contribution in [3.05, 3.63) is 59.9 Å². The smallest absolute Gasteiger partial charge is 0.232 e. The average Bonchev–Trinajstić information content (AvgIpc) is 2.74. The molecule has 6 nitrogen and oxygen atoms in total. The van der Waals surface area contributed by atoms with Crippen molar-refractivity contribution < 1.29 is 18.7 Å². The van der Waals surface area contributed by atoms with Gasteiger partial charge in [-0.2, -0.15) is 0 Å². The number of rotatable bonds is 7. The number of nitrogens with zero attached hydrogens (tertiary/aromatic N) is 2. The first-order chi connectivity index (χ1) is 14.0. The van der Waals surface area contributed by atoms with Crippen LogP contribution >= 0.6 is 0 Å². The summed E-state index contributed by atoms with van der Waals surface area (Å²) in [6, 6.07) is 14.0. The molecule has 1 heterocycles. The molecule has 1 aliphatic heterocycles. The standard InChI is InChI=1S/C22H26FN3O3/c1-29-20-4-2-3-17(15-20)9-10-24-21(27)16-22(28)26-13-11-25(12-14-26)19-7-5-18(23)6-8-19/h2-8,15H,9-14,16H2,1H3,(H,24,27). The van der Waals surface area contributed by atoms with Gasteiger partial charge in [0.2, 0.25) is 11.8 Å². The fraction of sp³-hybridized carbons (Fsp3) is 0.364. The summed E-state index contributed by atoms with van der Waals surface area (Å²) in [6.45, 7) is 2.89. The van der Waals surface area contributed by atoms with Crippen molar-refractivity contribution in [3.8, 4) is 5.75 Å². The van der Waals surface area contributed by atoms with E-state index >= 15 is 0 Å². The molecule has 0 saturated carbocycles. The average molecular weight is 399 g/mol. The van der Waals surface area contributed by atoms with Crippen LogP contribution in [0.3, 0.4) is 0 Å². The number of halogens is 1. The van der Waals surface area contributed by atoms with Crippen molar-refractivity contribution in [2.75, 3.05) is 44.7 Å². The van der Waals surface area contributed by atoms with Crippen molar-refractivity contribution in [2.45, 2.75) is 12.8 Å². The predicted molar refractivity (Wildman–Crippen MR) is 110 cm³/mol. The molecule has 0 bridgehead atoms. The van der Waals surface area contributed by atoms with Gasteiger partial charge in [-0.05, 0) is 48.4 Å². The second kappa shape index (κ2) is 9.91. The molecule has 0 unspecified atom stereocenters. The van der Waals surface area contributed by atoms with E-state index in [1.54, 1.807) is 24.1 Å². The summed E-state index contributed by atoms with van der Waals surface area (Å²) >= 11 is 0. The number of hydrogen-bond donors (Lipinski definition) is 1. The number of ether oxygens (including phenoxy) is 1. The normalized spacial score (nSPS) is 13.9. The first-order valence-corrected chi connectivity index (χ1v) is 9.73. The summed E-state index contributed by atoms with van der Waals surface area (Å²) in [5, 5.41) is 2.81. The maximum Gasteiger partial charge on any atom is 0.232 e. The number of anilines is 1. The molecule has 0 atom stereocenters. The molecule has 0 aromatic heterocycles. The Morgan fingerprint density at radius 1 is 1.07 bits per heavy atom. The van der Waals surface area contributed by atoms with Crippen LogP contribution in [0.25, 0.3) is 0 Å². The van der Waals surface area contributed by atoms with Crippen molar-refractivity contribution in [3.63, 3.8) is 0 Å². The maximum absolute atomic E-state index is 13.0. The number of amides is 2. The maximum atomic E-state index is 13.0. The fourth-order valence-electron chi connectivity index (χ4n) is 3.35. The van der Waals surface area contributed by atoms with Gasteiger partial charge in [0.05, 0.1) is 7.11 Å². The number of methoxy groups -OCH3 is 1. The van der Waals surface area contributed by atoms with Crippen LogP contribution in [0.1, 0.15) is 12.0 Å². The van der Waals surface area contributed by atoms with Gasteiger partial charge in [-0.25, -0.2) is 4.39 Å². The van der Waals surface area contributed by atoms with Crippen LogP contribution in [-0.4, -0.2) is 56.5 Å². The van der Waals surface area contributed by atoms with Crippen LogP contribution in [0.15, 0.2) is 48.5 Å². The van der Waals surface area contributed by atoms with Crippen molar-refractivity contribution >= 4 is 17.5 Å². The summed E-state index contributed by atoms with van der Waals surface area (Å²) in [5.41, 5.74) is 2.00. The lowest BCUT2D eigenvalue weighted by atomic mass is 10.1. The zero-order chi connectivity index (χ0) is 20.6. The van der Waals surface area contributed by atoms with E-state index in [2.05, 4.69) is 10.2 Å². The molecule has 3 rings (SSSR count). The third-order valence-corrected chi connectivity index (χ3v) is 5.01. The van der Waals surface area contributed by atoms with Gasteiger partial charge in [-0.1, -0.05) is 12.1 Å². The van der Waals surface area contributed by atoms with Crippen LogP contribution in [-0.2, 0) is 16.0 Å². The first-order valence-electron chi connectivity index (χ1n) is 9.73. The van der Waals surface area contributed by atoms with Crippen LogP contribution < -0.4 is 15.0 Å². The number of hydrogen-bond acceptors (Lipinski definition) is 4. The molecule has 1 saturated heterocycles. The molecular formula is C22H26FN3O3. The van der Waals surface area contributed by atoms with Gasteiger partial charge in [-0.15, -0.1) is 0 Å². The Kier molecular flexibility index (Phi) is 7.05. The highest BCUT2D eigenvalue weighted by molar-refractivity contribution is 5.97. The molecule has 2 amide bonds. The highest BCUT2D eigenvalue weighted by atomic mass is 19.1. The first kappa shape index (κ1) is 20.6. The van der Waals surface area contributed by atoms with Crippen LogP contribution in [0, 0.1) is 5.82 Å². The minimum absolute atomic E-state index is 0.144. The third kappa shape index (κ3) is 5.94. The predicted octanol–water partition coefficient (Wildman–Crippen LogP) is 2.23. The Bertz CT molecular complexity index is 833. The van der Waals surface area contributed by atoms with Crippen LogP contribution in [0.4, 0.5) is 10.1 Å². The summed E-state index contributed by atoms with van der Waals surface area (Å²) in [4.78, 5) is 28.3.